The van der Waals surface area contributed by atoms with Crippen molar-refractivity contribution in [3.63, 3.8) is 0 Å². The molecule has 102 valence electrons. The van der Waals surface area contributed by atoms with Crippen LogP contribution in [0.2, 0.25) is 0 Å². The summed E-state index contributed by atoms with van der Waals surface area (Å²) in [5.41, 5.74) is 1.18. The Hall–Kier alpha value is -1.17. The summed E-state index contributed by atoms with van der Waals surface area (Å²) in [5, 5.41) is 16.9. The maximum Gasteiger partial charge on any atom is 0.220 e. The molecule has 0 spiro atoms. The molecule has 0 aliphatic carbocycles. The van der Waals surface area contributed by atoms with Gasteiger partial charge in [0.25, 0.3) is 0 Å². The van der Waals surface area contributed by atoms with Crippen molar-refractivity contribution < 1.29 is 9.90 Å². The summed E-state index contributed by atoms with van der Waals surface area (Å²) in [6, 6.07) is 6.00. The first-order chi connectivity index (χ1) is 9.20. The van der Waals surface area contributed by atoms with Crippen LogP contribution in [0.15, 0.2) is 29.0 Å². The number of aliphatic hydroxyl groups excluding tert-OH is 1. The van der Waals surface area contributed by atoms with Crippen LogP contribution >= 0.6 is 22.7 Å². The van der Waals surface area contributed by atoms with Gasteiger partial charge in [-0.05, 0) is 35.4 Å². The van der Waals surface area contributed by atoms with Gasteiger partial charge < -0.3 is 10.4 Å². The monoisotopic (exact) mass is 295 g/mol. The van der Waals surface area contributed by atoms with Gasteiger partial charge in [0.1, 0.15) is 6.10 Å². The molecular weight excluding hydrogens is 278 g/mol. The molecule has 0 fully saturated rings. The summed E-state index contributed by atoms with van der Waals surface area (Å²) in [5.74, 6) is -0.00355. The van der Waals surface area contributed by atoms with Gasteiger partial charge >= 0.3 is 0 Å². The summed E-state index contributed by atoms with van der Waals surface area (Å²) in [7, 11) is 0. The maximum atomic E-state index is 11.4. The lowest BCUT2D eigenvalue weighted by Crippen LogP contribution is -2.27. The lowest BCUT2D eigenvalue weighted by atomic mass is 10.2. The maximum absolute atomic E-state index is 11.4. The Morgan fingerprint density at radius 2 is 2.26 bits per heavy atom. The SMILES string of the molecule is CCCC(=O)NCC(O)c1ccc(-c2ccsc2)s1. The molecule has 2 heterocycles. The third kappa shape index (κ3) is 3.89. The van der Waals surface area contributed by atoms with Crippen LogP contribution in [0.25, 0.3) is 10.4 Å². The van der Waals surface area contributed by atoms with E-state index >= 15 is 0 Å². The first-order valence-electron chi connectivity index (χ1n) is 6.27. The highest BCUT2D eigenvalue weighted by Crippen LogP contribution is 2.32. The summed E-state index contributed by atoms with van der Waals surface area (Å²) in [6.07, 6.45) is 0.707. The first kappa shape index (κ1) is 14.2. The first-order valence-corrected chi connectivity index (χ1v) is 8.03. The number of carbonyl (C=O) groups excluding carboxylic acids is 1. The van der Waals surface area contributed by atoms with Crippen molar-refractivity contribution in [3.05, 3.63) is 33.8 Å². The van der Waals surface area contributed by atoms with E-state index in [1.807, 2.05) is 24.4 Å². The Morgan fingerprint density at radius 3 is 2.95 bits per heavy atom. The number of nitrogens with one attached hydrogen (secondary N) is 1. The molecule has 1 unspecified atom stereocenters. The fourth-order valence-electron chi connectivity index (χ4n) is 1.72. The van der Waals surface area contributed by atoms with Crippen molar-refractivity contribution >= 4 is 28.6 Å². The van der Waals surface area contributed by atoms with Crippen molar-refractivity contribution in [2.45, 2.75) is 25.9 Å². The number of aliphatic hydroxyl groups is 1. The molecular formula is C14H17NO2S2. The molecule has 0 radical (unpaired) electrons. The zero-order chi connectivity index (χ0) is 13.7. The third-order valence-electron chi connectivity index (χ3n) is 2.73. The van der Waals surface area contributed by atoms with E-state index in [4.69, 9.17) is 0 Å². The molecule has 2 rings (SSSR count). The van der Waals surface area contributed by atoms with Crippen molar-refractivity contribution in [3.8, 4) is 10.4 Å². The predicted octanol–water partition coefficient (Wildman–Crippen LogP) is 3.43. The summed E-state index contributed by atoms with van der Waals surface area (Å²) >= 11 is 3.23. The van der Waals surface area contributed by atoms with E-state index in [2.05, 4.69) is 16.8 Å². The van der Waals surface area contributed by atoms with Gasteiger partial charge in [-0.15, -0.1) is 11.3 Å². The fourth-order valence-corrected chi connectivity index (χ4v) is 3.44. The highest BCUT2D eigenvalue weighted by molar-refractivity contribution is 7.16. The van der Waals surface area contributed by atoms with E-state index in [1.165, 1.54) is 5.56 Å². The van der Waals surface area contributed by atoms with Crippen LogP contribution in [0.3, 0.4) is 0 Å². The van der Waals surface area contributed by atoms with E-state index < -0.39 is 6.10 Å². The van der Waals surface area contributed by atoms with Crippen LogP contribution in [0.5, 0.6) is 0 Å². The van der Waals surface area contributed by atoms with Gasteiger partial charge in [0.05, 0.1) is 0 Å². The molecule has 0 aliphatic rings. The van der Waals surface area contributed by atoms with Crippen molar-refractivity contribution in [2.75, 3.05) is 6.54 Å². The minimum atomic E-state index is -0.627. The standard InChI is InChI=1S/C14H17NO2S2/c1-2-3-14(17)15-8-11(16)13-5-4-12(19-13)10-6-7-18-9-10/h4-7,9,11,16H,2-3,8H2,1H3,(H,15,17). The van der Waals surface area contributed by atoms with Gasteiger partial charge in [0.2, 0.25) is 5.91 Å². The van der Waals surface area contributed by atoms with Crippen LogP contribution in [0.4, 0.5) is 0 Å². The number of carbonyl (C=O) groups is 1. The van der Waals surface area contributed by atoms with E-state index in [9.17, 15) is 9.90 Å². The molecule has 0 aliphatic heterocycles. The number of thiophene rings is 2. The Bertz CT molecular complexity index is 519. The zero-order valence-electron chi connectivity index (χ0n) is 10.8. The predicted molar refractivity (Wildman–Crippen MR) is 80.5 cm³/mol. The molecule has 5 heteroatoms. The second-order valence-electron chi connectivity index (χ2n) is 4.28. The molecule has 1 amide bonds. The molecule has 0 saturated carbocycles. The normalized spacial score (nSPS) is 12.3. The van der Waals surface area contributed by atoms with E-state index in [1.54, 1.807) is 22.7 Å². The lowest BCUT2D eigenvalue weighted by Gasteiger charge is -2.09. The van der Waals surface area contributed by atoms with Gasteiger partial charge in [-0.25, -0.2) is 0 Å². The van der Waals surface area contributed by atoms with Gasteiger partial charge in [0.15, 0.2) is 0 Å². The quantitative estimate of drug-likeness (QED) is 0.858. The Morgan fingerprint density at radius 1 is 1.42 bits per heavy atom. The topological polar surface area (TPSA) is 49.3 Å². The van der Waals surface area contributed by atoms with Gasteiger partial charge in [-0.2, -0.15) is 11.3 Å². The van der Waals surface area contributed by atoms with Crippen LogP contribution < -0.4 is 5.32 Å². The second kappa shape index (κ2) is 6.84. The lowest BCUT2D eigenvalue weighted by molar-refractivity contribution is -0.121. The van der Waals surface area contributed by atoms with Gasteiger partial charge in [0, 0.05) is 28.3 Å². The van der Waals surface area contributed by atoms with Crippen LogP contribution in [-0.2, 0) is 4.79 Å². The number of amides is 1. The van der Waals surface area contributed by atoms with E-state index in [-0.39, 0.29) is 12.5 Å². The van der Waals surface area contributed by atoms with Crippen molar-refractivity contribution in [1.29, 1.82) is 0 Å². The Labute approximate surface area is 120 Å². The number of hydrogen-bond donors (Lipinski definition) is 2. The fraction of sp³-hybridized carbons (Fsp3) is 0.357. The second-order valence-corrected chi connectivity index (χ2v) is 6.18. The Kier molecular flexibility index (Phi) is 5.13. The minimum Gasteiger partial charge on any atom is -0.386 e. The van der Waals surface area contributed by atoms with Gasteiger partial charge in [-0.1, -0.05) is 6.92 Å². The average Bonchev–Trinajstić information content (AvgIpc) is 3.06. The Balaban J connectivity index is 1.93. The third-order valence-corrected chi connectivity index (χ3v) is 4.65. The van der Waals surface area contributed by atoms with E-state index in [0.717, 1.165) is 16.2 Å². The van der Waals surface area contributed by atoms with Gasteiger partial charge in [-0.3, -0.25) is 4.79 Å². The van der Waals surface area contributed by atoms with Crippen LogP contribution in [0.1, 0.15) is 30.7 Å². The summed E-state index contributed by atoms with van der Waals surface area (Å²) in [4.78, 5) is 13.4. The van der Waals surface area contributed by atoms with E-state index in [0.29, 0.717) is 6.42 Å². The molecule has 2 aromatic heterocycles. The molecule has 1 atom stereocenters. The van der Waals surface area contributed by atoms with Crippen molar-refractivity contribution in [1.82, 2.24) is 5.32 Å². The summed E-state index contributed by atoms with van der Waals surface area (Å²) in [6.45, 7) is 2.24. The highest BCUT2D eigenvalue weighted by Gasteiger charge is 2.12. The molecule has 0 saturated heterocycles. The molecule has 2 aromatic rings. The van der Waals surface area contributed by atoms with Crippen molar-refractivity contribution in [2.24, 2.45) is 0 Å². The summed E-state index contributed by atoms with van der Waals surface area (Å²) < 4.78 is 0. The number of hydrogen-bond acceptors (Lipinski definition) is 4. The zero-order valence-corrected chi connectivity index (χ0v) is 12.4. The smallest absolute Gasteiger partial charge is 0.220 e. The molecule has 19 heavy (non-hydrogen) atoms. The molecule has 3 nitrogen and oxygen atoms in total. The molecule has 2 N–H and O–H groups in total. The van der Waals surface area contributed by atoms with Crippen LogP contribution in [0, 0.1) is 0 Å². The van der Waals surface area contributed by atoms with Crippen LogP contribution in [-0.4, -0.2) is 17.6 Å². The molecule has 0 bridgehead atoms. The largest absolute Gasteiger partial charge is 0.386 e. The molecule has 0 aromatic carbocycles. The minimum absolute atomic E-state index is 0.00355. The number of rotatable bonds is 6. The average molecular weight is 295 g/mol. The highest BCUT2D eigenvalue weighted by atomic mass is 32.1.